The predicted octanol–water partition coefficient (Wildman–Crippen LogP) is 8.90. The first kappa shape index (κ1) is 38.0. The summed E-state index contributed by atoms with van der Waals surface area (Å²) in [6, 6.07) is 1.11. The highest BCUT2D eigenvalue weighted by molar-refractivity contribution is 7.13. The van der Waals surface area contributed by atoms with Gasteiger partial charge in [0.15, 0.2) is 14.0 Å². The second kappa shape index (κ2) is 14.0. The maximum Gasteiger partial charge on any atom is 0.413 e. The van der Waals surface area contributed by atoms with Crippen molar-refractivity contribution in [2.24, 2.45) is 0 Å². The molecule has 0 aromatic carbocycles. The van der Waals surface area contributed by atoms with Gasteiger partial charge >= 0.3 is 12.1 Å². The third kappa shape index (κ3) is 8.10. The molecule has 0 spiro atoms. The molecule has 16 heteroatoms. The molecule has 1 N–H and O–H groups in total. The van der Waals surface area contributed by atoms with Crippen LogP contribution in [-0.4, -0.2) is 74.9 Å². The molecule has 5 rings (SSSR count). The summed E-state index contributed by atoms with van der Waals surface area (Å²) >= 11 is 3.97. The van der Waals surface area contributed by atoms with Crippen LogP contribution >= 0.6 is 34.0 Å². The number of carbonyl (C=O) groups excluding carboxylic acids is 2. The molecule has 4 aromatic rings. The van der Waals surface area contributed by atoms with Gasteiger partial charge in [0.2, 0.25) is 0 Å². The third-order valence-electron chi connectivity index (χ3n) is 8.49. The lowest BCUT2D eigenvalue weighted by Gasteiger charge is -2.35. The molecule has 0 aliphatic carbocycles. The van der Waals surface area contributed by atoms with Crippen LogP contribution in [0.25, 0.3) is 32.7 Å². The van der Waals surface area contributed by atoms with Crippen LogP contribution in [-0.2, 0) is 25.2 Å². The second-order valence-corrected chi connectivity index (χ2v) is 22.3. The highest BCUT2D eigenvalue weighted by Crippen LogP contribution is 2.44. The van der Waals surface area contributed by atoms with Gasteiger partial charge in [0.25, 0.3) is 0 Å². The number of hydrogen-bond donors (Lipinski definition) is 1. The number of hydrogen-bond acceptors (Lipinski definition) is 14. The molecule has 1 saturated heterocycles. The second-order valence-electron chi connectivity index (χ2n) is 14.9. The highest BCUT2D eigenvalue weighted by Gasteiger charge is 2.47. The normalized spacial score (nSPS) is 16.5. The fraction of sp³-hybridized carbons (Fsp3) is 0.529. The van der Waals surface area contributed by atoms with Crippen LogP contribution < -0.4 is 0 Å². The van der Waals surface area contributed by atoms with Gasteiger partial charge in [-0.25, -0.2) is 29.5 Å². The van der Waals surface area contributed by atoms with E-state index in [-0.39, 0.29) is 35.4 Å². The maximum atomic E-state index is 13.4. The highest BCUT2D eigenvalue weighted by atomic mass is 32.1. The van der Waals surface area contributed by atoms with Gasteiger partial charge in [-0.1, -0.05) is 20.8 Å². The molecule has 1 aliphatic heterocycles. The fourth-order valence-electron chi connectivity index (χ4n) is 4.86. The summed E-state index contributed by atoms with van der Waals surface area (Å²) in [6.45, 7) is 22.6. The molecule has 0 bridgehead atoms. The van der Waals surface area contributed by atoms with E-state index in [1.54, 1.807) is 23.3 Å². The number of pyridine rings is 1. The molecule has 0 saturated carbocycles. The van der Waals surface area contributed by atoms with Crippen molar-refractivity contribution in [1.82, 2.24) is 24.8 Å². The van der Waals surface area contributed by atoms with Gasteiger partial charge in [0.05, 0.1) is 25.5 Å². The zero-order chi connectivity index (χ0) is 36.8. The standard InChI is InChI=1S/C34H45N5O7S3Si/c1-12-43-30(41)22-18-49-29(37-22)26-24(40)13-20(27-35-19(16-47-27)14-45-50(10,11)33(5,6)7)25(38-26)21-17-48-28(36-21)23-15-44-34(8,9)39(23)31(42)46-32(2,3)4/h13,16-18,23,40H,12,14-15H2,1-11H3/t23-/m0/s1. The summed E-state index contributed by atoms with van der Waals surface area (Å²) in [6.07, 6.45) is -0.496. The van der Waals surface area contributed by atoms with Crippen LogP contribution in [0.2, 0.25) is 18.1 Å². The van der Waals surface area contributed by atoms with Crippen LogP contribution in [0.4, 0.5) is 4.79 Å². The minimum absolute atomic E-state index is 0.0501. The summed E-state index contributed by atoms with van der Waals surface area (Å²) < 4.78 is 23.3. The molecule has 0 radical (unpaired) electrons. The molecular weight excluding hydrogens is 715 g/mol. The minimum Gasteiger partial charge on any atom is -0.506 e. The number of nitrogens with zero attached hydrogens (tertiary/aromatic N) is 5. The molecular formula is C34H45N5O7S3Si. The molecule has 50 heavy (non-hydrogen) atoms. The van der Waals surface area contributed by atoms with Gasteiger partial charge in [-0.3, -0.25) is 4.90 Å². The minimum atomic E-state index is -2.02. The van der Waals surface area contributed by atoms with E-state index in [4.69, 9.17) is 33.6 Å². The molecule has 0 unspecified atom stereocenters. The van der Waals surface area contributed by atoms with Crippen molar-refractivity contribution >= 4 is 54.4 Å². The van der Waals surface area contributed by atoms with Crippen molar-refractivity contribution in [2.75, 3.05) is 13.2 Å². The number of aromatic nitrogens is 4. The molecule has 12 nitrogen and oxygen atoms in total. The maximum absolute atomic E-state index is 13.4. The Bertz CT molecular complexity index is 1870. The van der Waals surface area contributed by atoms with E-state index in [0.717, 1.165) is 5.69 Å². The quantitative estimate of drug-likeness (QED) is 0.129. The summed E-state index contributed by atoms with van der Waals surface area (Å²) in [7, 11) is -2.02. The van der Waals surface area contributed by atoms with E-state index < -0.39 is 37.7 Å². The lowest BCUT2D eigenvalue weighted by molar-refractivity contribution is -0.0626. The number of thiazole rings is 3. The van der Waals surface area contributed by atoms with Gasteiger partial charge in [-0.2, -0.15) is 0 Å². The molecule has 1 aliphatic rings. The summed E-state index contributed by atoms with van der Waals surface area (Å²) in [5.41, 5.74) is 1.04. The van der Waals surface area contributed by atoms with E-state index >= 15 is 0 Å². The molecule has 1 atom stereocenters. The van der Waals surface area contributed by atoms with Crippen LogP contribution in [0.5, 0.6) is 5.75 Å². The summed E-state index contributed by atoms with van der Waals surface area (Å²) in [4.78, 5) is 46.5. The fourth-order valence-corrected chi connectivity index (χ4v) is 8.29. The Morgan fingerprint density at radius 3 is 2.36 bits per heavy atom. The van der Waals surface area contributed by atoms with E-state index in [0.29, 0.717) is 38.6 Å². The van der Waals surface area contributed by atoms with Crippen molar-refractivity contribution in [3.8, 4) is 38.4 Å². The average molecular weight is 760 g/mol. The average Bonchev–Trinajstić information content (AvgIpc) is 3.81. The number of rotatable bonds is 9. The van der Waals surface area contributed by atoms with E-state index in [1.807, 2.05) is 45.4 Å². The molecule has 1 fully saturated rings. The summed E-state index contributed by atoms with van der Waals surface area (Å²) in [5.74, 6) is -0.678. The lowest BCUT2D eigenvalue weighted by atomic mass is 10.1. The van der Waals surface area contributed by atoms with Crippen molar-refractivity contribution in [3.63, 3.8) is 0 Å². The first-order valence-electron chi connectivity index (χ1n) is 16.3. The monoisotopic (exact) mass is 759 g/mol. The van der Waals surface area contributed by atoms with Crippen LogP contribution in [0.3, 0.4) is 0 Å². The predicted molar refractivity (Wildman–Crippen MR) is 198 cm³/mol. The van der Waals surface area contributed by atoms with E-state index in [9.17, 15) is 14.7 Å². The Morgan fingerprint density at radius 2 is 1.70 bits per heavy atom. The van der Waals surface area contributed by atoms with Crippen molar-refractivity contribution in [3.05, 3.63) is 38.6 Å². The molecule has 1 amide bonds. The van der Waals surface area contributed by atoms with Crippen LogP contribution in [0.1, 0.15) is 89.5 Å². The van der Waals surface area contributed by atoms with E-state index in [2.05, 4.69) is 38.8 Å². The third-order valence-corrected chi connectivity index (χ3v) is 15.7. The number of esters is 1. The first-order valence-corrected chi connectivity index (χ1v) is 21.8. The van der Waals surface area contributed by atoms with Crippen molar-refractivity contribution in [1.29, 1.82) is 0 Å². The number of ether oxygens (including phenoxy) is 3. The summed E-state index contributed by atoms with van der Waals surface area (Å²) in [5, 5.41) is 18.4. The van der Waals surface area contributed by atoms with Gasteiger partial charge in [0, 0.05) is 21.7 Å². The largest absolute Gasteiger partial charge is 0.506 e. The number of carbonyl (C=O) groups is 2. The Balaban J connectivity index is 1.56. The molecule has 270 valence electrons. The Hall–Kier alpha value is -3.28. The van der Waals surface area contributed by atoms with Gasteiger partial charge in [-0.05, 0) is 65.7 Å². The SMILES string of the molecule is CCOC(=O)c1csc(-c2nc(-c3csc([C@@H]4COC(C)(C)N4C(=O)OC(C)(C)C)n3)c(-c3nc(CO[Si](C)(C)C(C)(C)C)cs3)cc2O)n1. The Labute approximate surface area is 306 Å². The molecule has 4 aromatic heterocycles. The van der Waals surface area contributed by atoms with E-state index in [1.165, 1.54) is 34.0 Å². The first-order chi connectivity index (χ1) is 23.2. The Kier molecular flexibility index (Phi) is 10.7. The zero-order valence-electron chi connectivity index (χ0n) is 30.4. The number of aromatic hydroxyl groups is 1. The van der Waals surface area contributed by atoms with Crippen LogP contribution in [0.15, 0.2) is 22.2 Å². The molecule has 5 heterocycles. The van der Waals surface area contributed by atoms with Crippen molar-refractivity contribution < 1.29 is 33.3 Å². The smallest absolute Gasteiger partial charge is 0.413 e. The topological polar surface area (TPSA) is 146 Å². The Morgan fingerprint density at radius 1 is 1.00 bits per heavy atom. The zero-order valence-corrected chi connectivity index (χ0v) is 33.8. The van der Waals surface area contributed by atoms with Crippen molar-refractivity contribution in [2.45, 2.75) is 104 Å². The van der Waals surface area contributed by atoms with Gasteiger partial charge < -0.3 is 23.7 Å². The van der Waals surface area contributed by atoms with Gasteiger partial charge in [0.1, 0.15) is 55.2 Å². The number of amides is 1. The van der Waals surface area contributed by atoms with Gasteiger partial charge in [-0.15, -0.1) is 34.0 Å². The lowest BCUT2D eigenvalue weighted by Crippen LogP contribution is -2.47. The van der Waals surface area contributed by atoms with Crippen LogP contribution in [0, 0.1) is 0 Å².